The van der Waals surface area contributed by atoms with E-state index in [-0.39, 0.29) is 12.3 Å². The average molecular weight is 383 g/mol. The number of rotatable bonds is 11. The Bertz CT molecular complexity index is 662. The molecule has 0 radical (unpaired) electrons. The number of hydrogen-bond acceptors (Lipinski definition) is 6. The van der Waals surface area contributed by atoms with Gasteiger partial charge in [-0.15, -0.1) is 0 Å². The molecular weight excluding hydrogens is 358 g/mol. The van der Waals surface area contributed by atoms with Crippen LogP contribution in [0.4, 0.5) is 0 Å². The van der Waals surface area contributed by atoms with Crippen LogP contribution in [0.15, 0.2) is 12.5 Å². The highest BCUT2D eigenvalue weighted by molar-refractivity contribution is 5.93. The summed E-state index contributed by atoms with van der Waals surface area (Å²) in [6.07, 6.45) is 2.77. The molecular formula is C16H25N5O6. The first-order valence-corrected chi connectivity index (χ1v) is 8.43. The Morgan fingerprint density at radius 3 is 2.37 bits per heavy atom. The summed E-state index contributed by atoms with van der Waals surface area (Å²) in [4.78, 5) is 53.4. The van der Waals surface area contributed by atoms with Gasteiger partial charge in [0.15, 0.2) is 0 Å². The number of aromatic nitrogens is 2. The number of carboxylic acid groups (broad SMARTS) is 2. The normalized spacial score (nSPS) is 15.2. The minimum absolute atomic E-state index is 0.00418. The third-order valence-electron chi connectivity index (χ3n) is 4.12. The van der Waals surface area contributed by atoms with Gasteiger partial charge in [0.2, 0.25) is 11.8 Å². The zero-order valence-electron chi connectivity index (χ0n) is 15.1. The van der Waals surface area contributed by atoms with Gasteiger partial charge in [0.1, 0.15) is 12.1 Å². The Hall–Kier alpha value is -2.95. The zero-order valence-corrected chi connectivity index (χ0v) is 15.1. The van der Waals surface area contributed by atoms with Crippen LogP contribution in [0, 0.1) is 5.92 Å². The van der Waals surface area contributed by atoms with Crippen LogP contribution in [-0.2, 0) is 25.6 Å². The smallest absolute Gasteiger partial charge is 0.326 e. The molecule has 0 unspecified atom stereocenters. The summed E-state index contributed by atoms with van der Waals surface area (Å²) >= 11 is 0. The maximum absolute atomic E-state index is 12.6. The quantitative estimate of drug-likeness (QED) is 0.276. The van der Waals surface area contributed by atoms with E-state index in [1.54, 1.807) is 13.8 Å². The van der Waals surface area contributed by atoms with Gasteiger partial charge in [-0.25, -0.2) is 9.78 Å². The summed E-state index contributed by atoms with van der Waals surface area (Å²) in [5, 5.41) is 22.9. The molecule has 0 aromatic carbocycles. The summed E-state index contributed by atoms with van der Waals surface area (Å²) in [6, 6.07) is -3.62. The predicted molar refractivity (Wildman–Crippen MR) is 93.5 cm³/mol. The number of aromatic amines is 1. The van der Waals surface area contributed by atoms with Gasteiger partial charge in [-0.3, -0.25) is 14.4 Å². The Morgan fingerprint density at radius 1 is 1.22 bits per heavy atom. The molecule has 1 aromatic heterocycles. The molecule has 27 heavy (non-hydrogen) atoms. The molecule has 0 aliphatic rings. The number of amides is 2. The van der Waals surface area contributed by atoms with Crippen LogP contribution in [0.25, 0.3) is 0 Å². The summed E-state index contributed by atoms with van der Waals surface area (Å²) in [5.41, 5.74) is 6.05. The number of hydrogen-bond donors (Lipinski definition) is 6. The van der Waals surface area contributed by atoms with Crippen LogP contribution < -0.4 is 16.4 Å². The van der Waals surface area contributed by atoms with Crippen LogP contribution in [0.3, 0.4) is 0 Å². The van der Waals surface area contributed by atoms with Crippen molar-refractivity contribution in [3.8, 4) is 0 Å². The van der Waals surface area contributed by atoms with Gasteiger partial charge in [0.25, 0.3) is 0 Å². The third kappa shape index (κ3) is 7.05. The molecule has 11 heteroatoms. The summed E-state index contributed by atoms with van der Waals surface area (Å²) in [7, 11) is 0. The van der Waals surface area contributed by atoms with Crippen LogP contribution in [0.1, 0.15) is 32.4 Å². The van der Waals surface area contributed by atoms with Crippen LogP contribution in [0.5, 0.6) is 0 Å². The number of carboxylic acids is 2. The largest absolute Gasteiger partial charge is 0.481 e. The summed E-state index contributed by atoms with van der Waals surface area (Å²) in [5.74, 6) is -4.31. The topological polar surface area (TPSA) is 187 Å². The molecule has 0 aliphatic heterocycles. The fourth-order valence-electron chi connectivity index (χ4n) is 2.32. The highest BCUT2D eigenvalue weighted by Crippen LogP contribution is 2.09. The second-order valence-electron chi connectivity index (χ2n) is 6.26. The lowest BCUT2D eigenvalue weighted by atomic mass is 9.98. The highest BCUT2D eigenvalue weighted by Gasteiger charge is 2.31. The monoisotopic (exact) mass is 383 g/mol. The van der Waals surface area contributed by atoms with Crippen LogP contribution in [-0.4, -0.2) is 62.1 Å². The van der Waals surface area contributed by atoms with E-state index in [0.29, 0.717) is 12.1 Å². The second-order valence-corrected chi connectivity index (χ2v) is 6.26. The maximum Gasteiger partial charge on any atom is 0.326 e. The van der Waals surface area contributed by atoms with Crippen molar-refractivity contribution in [3.05, 3.63) is 18.2 Å². The van der Waals surface area contributed by atoms with Crippen LogP contribution >= 0.6 is 0 Å². The van der Waals surface area contributed by atoms with Crippen molar-refractivity contribution in [3.63, 3.8) is 0 Å². The van der Waals surface area contributed by atoms with Crippen molar-refractivity contribution in [2.24, 2.45) is 11.7 Å². The first kappa shape index (κ1) is 22.1. The zero-order chi connectivity index (χ0) is 20.6. The van der Waals surface area contributed by atoms with E-state index in [0.717, 1.165) is 0 Å². The lowest BCUT2D eigenvalue weighted by Gasteiger charge is -2.24. The van der Waals surface area contributed by atoms with Gasteiger partial charge < -0.3 is 31.6 Å². The van der Waals surface area contributed by atoms with Crippen molar-refractivity contribution >= 4 is 23.8 Å². The van der Waals surface area contributed by atoms with Crippen molar-refractivity contribution < 1.29 is 29.4 Å². The highest BCUT2D eigenvalue weighted by atomic mass is 16.4. The first-order valence-electron chi connectivity index (χ1n) is 8.43. The SMILES string of the molecule is CC[C@H](C)[C@H](NC(=O)[C@H](Cc1cnc[nH]1)NC(=O)[C@@H](N)CC(=O)O)C(=O)O. The minimum atomic E-state index is -1.34. The molecule has 0 saturated heterocycles. The van der Waals surface area contributed by atoms with Crippen molar-refractivity contribution in [2.45, 2.75) is 51.2 Å². The number of nitrogens with one attached hydrogen (secondary N) is 3. The molecule has 1 heterocycles. The van der Waals surface area contributed by atoms with E-state index < -0.39 is 48.3 Å². The molecule has 150 valence electrons. The van der Waals surface area contributed by atoms with E-state index in [2.05, 4.69) is 20.6 Å². The molecule has 2 amide bonds. The lowest BCUT2D eigenvalue weighted by molar-refractivity contribution is -0.144. The van der Waals surface area contributed by atoms with Crippen molar-refractivity contribution in [1.29, 1.82) is 0 Å². The average Bonchev–Trinajstić information content (AvgIpc) is 3.10. The fraction of sp³-hybridized carbons (Fsp3) is 0.562. The molecule has 11 nitrogen and oxygen atoms in total. The number of aliphatic carboxylic acids is 2. The number of carbonyl (C=O) groups excluding carboxylic acids is 2. The Morgan fingerprint density at radius 2 is 1.89 bits per heavy atom. The molecule has 0 spiro atoms. The van der Waals surface area contributed by atoms with E-state index in [1.165, 1.54) is 12.5 Å². The number of carbonyl (C=O) groups is 4. The first-order chi connectivity index (χ1) is 12.6. The van der Waals surface area contributed by atoms with Gasteiger partial charge in [-0.05, 0) is 5.92 Å². The summed E-state index contributed by atoms with van der Waals surface area (Å²) < 4.78 is 0. The molecule has 1 aromatic rings. The van der Waals surface area contributed by atoms with Gasteiger partial charge in [0.05, 0.1) is 18.8 Å². The molecule has 0 aliphatic carbocycles. The molecule has 0 bridgehead atoms. The number of imidazole rings is 1. The summed E-state index contributed by atoms with van der Waals surface area (Å²) in [6.45, 7) is 3.48. The molecule has 0 fully saturated rings. The fourth-order valence-corrected chi connectivity index (χ4v) is 2.32. The van der Waals surface area contributed by atoms with Crippen molar-refractivity contribution in [1.82, 2.24) is 20.6 Å². The third-order valence-corrected chi connectivity index (χ3v) is 4.12. The van der Waals surface area contributed by atoms with E-state index in [1.807, 2.05) is 0 Å². The molecule has 1 rings (SSSR count). The Labute approximate surface area is 155 Å². The molecule has 0 saturated carbocycles. The second kappa shape index (κ2) is 10.3. The van der Waals surface area contributed by atoms with Gasteiger partial charge in [0, 0.05) is 18.3 Å². The van der Waals surface area contributed by atoms with E-state index in [4.69, 9.17) is 10.8 Å². The predicted octanol–water partition coefficient (Wildman–Crippen LogP) is -1.15. The van der Waals surface area contributed by atoms with Gasteiger partial charge in [-0.2, -0.15) is 0 Å². The van der Waals surface area contributed by atoms with Crippen molar-refractivity contribution in [2.75, 3.05) is 0 Å². The number of nitrogens with zero attached hydrogens (tertiary/aromatic N) is 1. The number of nitrogens with two attached hydrogens (primary N) is 1. The Kier molecular flexibility index (Phi) is 8.39. The molecule has 4 atom stereocenters. The standard InChI is InChI=1S/C16H25N5O6/c1-3-8(2)13(16(26)27)21-15(25)11(4-9-6-18-7-19-9)20-14(24)10(17)5-12(22)23/h6-8,10-11,13H,3-5,17H2,1-2H3,(H,18,19)(H,20,24)(H,21,25)(H,22,23)(H,26,27)/t8-,10-,11-,13-/m0/s1. The Balaban J connectivity index is 2.92. The van der Waals surface area contributed by atoms with Gasteiger partial charge >= 0.3 is 11.9 Å². The molecule has 7 N–H and O–H groups in total. The van der Waals surface area contributed by atoms with Gasteiger partial charge in [-0.1, -0.05) is 20.3 Å². The lowest BCUT2D eigenvalue weighted by Crippen LogP contribution is -2.56. The maximum atomic E-state index is 12.6. The van der Waals surface area contributed by atoms with E-state index in [9.17, 15) is 24.3 Å². The van der Waals surface area contributed by atoms with Crippen LogP contribution in [0.2, 0.25) is 0 Å². The van der Waals surface area contributed by atoms with E-state index >= 15 is 0 Å². The number of H-pyrrole nitrogens is 1. The minimum Gasteiger partial charge on any atom is -0.481 e.